The van der Waals surface area contributed by atoms with Crippen LogP contribution in [0.2, 0.25) is 5.02 Å². The van der Waals surface area contributed by atoms with E-state index in [9.17, 15) is 4.55 Å². The lowest BCUT2D eigenvalue weighted by atomic mass is 10.1. The van der Waals surface area contributed by atoms with Crippen LogP contribution in [0.15, 0.2) is 28.5 Å². The first-order chi connectivity index (χ1) is 7.60. The number of nitrogens with zero attached hydrogens (tertiary/aromatic N) is 1. The molecule has 0 heterocycles. The number of thioether (sulfide) groups is 1. The van der Waals surface area contributed by atoms with Gasteiger partial charge in [0.25, 0.3) is 0 Å². The number of benzene rings is 1. The Bertz CT molecular complexity index is 434. The summed E-state index contributed by atoms with van der Waals surface area (Å²) in [6.45, 7) is 0. The van der Waals surface area contributed by atoms with Crippen molar-refractivity contribution < 1.29 is 4.55 Å². The Morgan fingerprint density at radius 2 is 2.00 bits per heavy atom. The molecule has 84 valence electrons. The standard InChI is InChI=1S/C11H10ClNOS2/c1-15-11(16(2)14)10(7-13)8-3-5-9(12)6-4-8/h3-6H,1-2H3. The lowest BCUT2D eigenvalue weighted by Gasteiger charge is -2.09. The molecular weight excluding hydrogens is 262 g/mol. The van der Waals surface area contributed by atoms with Crippen molar-refractivity contribution in [3.63, 3.8) is 0 Å². The molecule has 1 atom stereocenters. The van der Waals surface area contributed by atoms with Gasteiger partial charge in [0.05, 0.1) is 0 Å². The van der Waals surface area contributed by atoms with E-state index in [0.717, 1.165) is 5.56 Å². The summed E-state index contributed by atoms with van der Waals surface area (Å²) in [4.78, 5) is 0. The third kappa shape index (κ3) is 3.19. The zero-order chi connectivity index (χ0) is 12.1. The van der Waals surface area contributed by atoms with Crippen LogP contribution in [-0.4, -0.2) is 17.1 Å². The Labute approximate surface area is 107 Å². The summed E-state index contributed by atoms with van der Waals surface area (Å²) in [5, 5.41) is 9.73. The quantitative estimate of drug-likeness (QED) is 0.626. The lowest BCUT2D eigenvalue weighted by Crippen LogP contribution is -2.00. The predicted molar refractivity (Wildman–Crippen MR) is 71.6 cm³/mol. The van der Waals surface area contributed by atoms with Crippen LogP contribution in [0.4, 0.5) is 0 Å². The van der Waals surface area contributed by atoms with Gasteiger partial charge in [-0.3, -0.25) is 0 Å². The molecule has 0 spiro atoms. The molecule has 0 aliphatic heterocycles. The second kappa shape index (κ2) is 6.21. The summed E-state index contributed by atoms with van der Waals surface area (Å²) >= 11 is 5.95. The first-order valence-corrected chi connectivity index (χ1v) is 7.54. The van der Waals surface area contributed by atoms with Crippen molar-refractivity contribution in [1.29, 1.82) is 5.26 Å². The second-order valence-electron chi connectivity index (χ2n) is 2.94. The molecule has 5 heteroatoms. The zero-order valence-electron chi connectivity index (χ0n) is 8.86. The number of hydrogen-bond acceptors (Lipinski definition) is 3. The summed E-state index contributed by atoms with van der Waals surface area (Å²) in [6.07, 6.45) is 3.38. The molecule has 0 aromatic heterocycles. The molecule has 0 radical (unpaired) electrons. The monoisotopic (exact) mass is 271 g/mol. The molecule has 1 aromatic carbocycles. The third-order valence-corrected chi connectivity index (χ3v) is 4.65. The minimum Gasteiger partial charge on any atom is -0.611 e. The predicted octanol–water partition coefficient (Wildman–Crippen LogP) is 3.27. The third-order valence-electron chi connectivity index (χ3n) is 1.90. The summed E-state index contributed by atoms with van der Waals surface area (Å²) in [5.41, 5.74) is 1.19. The van der Waals surface area contributed by atoms with Crippen molar-refractivity contribution in [3.8, 4) is 6.07 Å². The van der Waals surface area contributed by atoms with Crippen LogP contribution in [0, 0.1) is 11.3 Å². The maximum Gasteiger partial charge on any atom is 0.204 e. The van der Waals surface area contributed by atoms with Crippen LogP contribution >= 0.6 is 23.4 Å². The fourth-order valence-corrected chi connectivity index (χ4v) is 3.09. The van der Waals surface area contributed by atoms with E-state index >= 15 is 0 Å². The van der Waals surface area contributed by atoms with E-state index in [1.165, 1.54) is 11.8 Å². The highest BCUT2D eigenvalue weighted by Gasteiger charge is 2.16. The molecule has 1 aromatic rings. The Morgan fingerprint density at radius 3 is 2.38 bits per heavy atom. The Morgan fingerprint density at radius 1 is 1.44 bits per heavy atom. The second-order valence-corrected chi connectivity index (χ2v) is 5.77. The van der Waals surface area contributed by atoms with Crippen LogP contribution < -0.4 is 0 Å². The fourth-order valence-electron chi connectivity index (χ4n) is 1.21. The van der Waals surface area contributed by atoms with E-state index in [4.69, 9.17) is 16.9 Å². The van der Waals surface area contributed by atoms with Crippen LogP contribution in [0.5, 0.6) is 0 Å². The van der Waals surface area contributed by atoms with Crippen LogP contribution in [0.3, 0.4) is 0 Å². The van der Waals surface area contributed by atoms with Crippen molar-refractivity contribution in [2.24, 2.45) is 0 Å². The number of nitriles is 1. The molecule has 1 unspecified atom stereocenters. The lowest BCUT2D eigenvalue weighted by molar-refractivity contribution is 0.608. The molecule has 0 saturated carbocycles. The molecule has 0 aliphatic carbocycles. The maximum absolute atomic E-state index is 11.5. The smallest absolute Gasteiger partial charge is 0.204 e. The minimum absolute atomic E-state index is 0.449. The highest BCUT2D eigenvalue weighted by molar-refractivity contribution is 8.18. The zero-order valence-corrected chi connectivity index (χ0v) is 11.2. The van der Waals surface area contributed by atoms with Crippen LogP contribution in [0.25, 0.3) is 5.57 Å². The van der Waals surface area contributed by atoms with Crippen LogP contribution in [0.1, 0.15) is 5.56 Å². The Balaban J connectivity index is 3.26. The SMILES string of the molecule is CSC(=C(C#N)c1ccc(Cl)cc1)[S+](C)[O-]. The van der Waals surface area contributed by atoms with E-state index in [1.54, 1.807) is 30.5 Å². The van der Waals surface area contributed by atoms with Gasteiger partial charge in [-0.1, -0.05) is 35.5 Å². The number of halogens is 1. The van der Waals surface area contributed by atoms with Gasteiger partial charge in [0, 0.05) is 5.02 Å². The molecule has 0 bridgehead atoms. The molecule has 0 N–H and O–H groups in total. The highest BCUT2D eigenvalue weighted by atomic mass is 35.5. The van der Waals surface area contributed by atoms with Crippen molar-refractivity contribution >= 4 is 40.1 Å². The average molecular weight is 272 g/mol. The largest absolute Gasteiger partial charge is 0.611 e. The Hall–Kier alpha value is -0.600. The van der Waals surface area contributed by atoms with Gasteiger partial charge in [-0.05, 0) is 35.1 Å². The molecule has 2 nitrogen and oxygen atoms in total. The first kappa shape index (κ1) is 13.5. The van der Waals surface area contributed by atoms with Gasteiger partial charge < -0.3 is 4.55 Å². The Kier molecular flexibility index (Phi) is 5.23. The number of rotatable bonds is 3. The van der Waals surface area contributed by atoms with Gasteiger partial charge in [-0.2, -0.15) is 5.26 Å². The average Bonchev–Trinajstić information content (AvgIpc) is 2.26. The summed E-state index contributed by atoms with van der Waals surface area (Å²) in [6, 6.07) is 9.03. The van der Waals surface area contributed by atoms with E-state index in [-0.39, 0.29) is 0 Å². The molecule has 0 aliphatic rings. The van der Waals surface area contributed by atoms with Crippen molar-refractivity contribution in [1.82, 2.24) is 0 Å². The highest BCUT2D eigenvalue weighted by Crippen LogP contribution is 2.29. The van der Waals surface area contributed by atoms with Crippen molar-refractivity contribution in [2.45, 2.75) is 0 Å². The van der Waals surface area contributed by atoms with Gasteiger partial charge in [0.15, 0.2) is 0 Å². The summed E-state index contributed by atoms with van der Waals surface area (Å²) < 4.78 is 12.1. The van der Waals surface area contributed by atoms with Gasteiger partial charge in [-0.15, -0.1) is 0 Å². The van der Waals surface area contributed by atoms with Gasteiger partial charge >= 0.3 is 0 Å². The summed E-state index contributed by atoms with van der Waals surface area (Å²) in [5.74, 6) is 0. The summed E-state index contributed by atoms with van der Waals surface area (Å²) in [7, 11) is 0. The molecule has 0 saturated heterocycles. The molecular formula is C11H10ClNOS2. The van der Waals surface area contributed by atoms with E-state index in [1.807, 2.05) is 6.26 Å². The van der Waals surface area contributed by atoms with E-state index in [2.05, 4.69) is 6.07 Å². The molecule has 0 amide bonds. The van der Waals surface area contributed by atoms with Crippen LogP contribution in [-0.2, 0) is 11.2 Å². The first-order valence-electron chi connectivity index (χ1n) is 4.38. The van der Waals surface area contributed by atoms with Crippen molar-refractivity contribution in [3.05, 3.63) is 39.1 Å². The minimum atomic E-state index is -1.15. The number of allylic oxidation sites excluding steroid dienone is 1. The van der Waals surface area contributed by atoms with E-state index in [0.29, 0.717) is 14.8 Å². The van der Waals surface area contributed by atoms with E-state index < -0.39 is 11.2 Å². The number of hydrogen-bond donors (Lipinski definition) is 0. The topological polar surface area (TPSA) is 46.8 Å². The molecule has 1 rings (SSSR count). The molecule has 0 fully saturated rings. The van der Waals surface area contributed by atoms with Gasteiger partial charge in [0.1, 0.15) is 17.9 Å². The van der Waals surface area contributed by atoms with Gasteiger partial charge in [0.2, 0.25) is 4.24 Å². The fraction of sp³-hybridized carbons (Fsp3) is 0.182. The maximum atomic E-state index is 11.5. The molecule has 16 heavy (non-hydrogen) atoms. The normalized spacial score (nSPS) is 13.9. The van der Waals surface area contributed by atoms with Crippen molar-refractivity contribution in [2.75, 3.05) is 12.5 Å². The van der Waals surface area contributed by atoms with Gasteiger partial charge in [-0.25, -0.2) is 0 Å².